The van der Waals surface area contributed by atoms with Gasteiger partial charge in [-0.2, -0.15) is 30.4 Å². The van der Waals surface area contributed by atoms with Crippen molar-refractivity contribution in [1.29, 1.82) is 0 Å². The van der Waals surface area contributed by atoms with E-state index in [1.54, 1.807) is 0 Å². The minimum Gasteiger partial charge on any atom is -0.456 e. The molecule has 1 amide bonds. The van der Waals surface area contributed by atoms with Crippen LogP contribution in [0, 0.1) is 0 Å². The van der Waals surface area contributed by atoms with Gasteiger partial charge in [-0.25, -0.2) is 4.79 Å². The molecular formula is C14H18F5NO6S. The normalized spacial score (nSPS) is 14.3. The van der Waals surface area contributed by atoms with Crippen LogP contribution < -0.4 is 5.32 Å². The lowest BCUT2D eigenvalue weighted by molar-refractivity contribution is -0.293. The molecule has 0 radical (unpaired) electrons. The Bertz CT molecular complexity index is 740. The quantitative estimate of drug-likeness (QED) is 0.269. The van der Waals surface area contributed by atoms with Gasteiger partial charge in [-0.1, -0.05) is 6.58 Å². The monoisotopic (exact) mass is 423 g/mol. The van der Waals surface area contributed by atoms with E-state index in [1.165, 1.54) is 13.8 Å². The van der Waals surface area contributed by atoms with Gasteiger partial charge in [0.2, 0.25) is 5.91 Å². The molecule has 0 saturated carbocycles. The van der Waals surface area contributed by atoms with Crippen molar-refractivity contribution in [2.45, 2.75) is 44.8 Å². The molecule has 0 rings (SSSR count). The first-order chi connectivity index (χ1) is 11.8. The second kappa shape index (κ2) is 8.33. The summed E-state index contributed by atoms with van der Waals surface area (Å²) in [6, 6.07) is 0. The predicted octanol–water partition coefficient (Wildman–Crippen LogP) is 2.36. The summed E-state index contributed by atoms with van der Waals surface area (Å²) in [4.78, 5) is 22.0. The Morgan fingerprint density at radius 3 is 2.04 bits per heavy atom. The Morgan fingerprint density at radius 2 is 1.67 bits per heavy atom. The van der Waals surface area contributed by atoms with E-state index in [9.17, 15) is 44.5 Å². The number of esters is 1. The lowest BCUT2D eigenvalue weighted by Gasteiger charge is -2.27. The minimum atomic E-state index is -5.98. The fourth-order valence-electron chi connectivity index (χ4n) is 1.71. The van der Waals surface area contributed by atoms with Gasteiger partial charge in [0.05, 0.1) is 10.5 Å². The highest BCUT2D eigenvalue weighted by Crippen LogP contribution is 2.35. The average Bonchev–Trinajstić information content (AvgIpc) is 2.46. The number of halogens is 5. The van der Waals surface area contributed by atoms with E-state index in [0.717, 1.165) is 13.0 Å². The molecule has 13 heteroatoms. The molecule has 0 aromatic heterocycles. The van der Waals surface area contributed by atoms with Crippen LogP contribution in [0.25, 0.3) is 0 Å². The van der Waals surface area contributed by atoms with Crippen LogP contribution in [-0.4, -0.2) is 49.1 Å². The third-order valence-electron chi connectivity index (χ3n) is 3.08. The Kier molecular flexibility index (Phi) is 7.71. The molecule has 0 bridgehead atoms. The molecule has 0 aromatic carbocycles. The largest absolute Gasteiger partial charge is 0.456 e. The van der Waals surface area contributed by atoms with E-state index < -0.39 is 63.1 Å². The number of hydrogen-bond acceptors (Lipinski definition) is 5. The molecule has 0 aromatic rings. The third-order valence-corrected chi connectivity index (χ3v) is 4.16. The first kappa shape index (κ1) is 25.0. The Balaban J connectivity index is 5.66. The number of rotatable bonds is 8. The van der Waals surface area contributed by atoms with Gasteiger partial charge in [0.25, 0.3) is 10.1 Å². The van der Waals surface area contributed by atoms with Crippen molar-refractivity contribution in [3.8, 4) is 0 Å². The van der Waals surface area contributed by atoms with E-state index in [0.29, 0.717) is 0 Å². The number of alkyl halides is 5. The number of nitrogens with one attached hydrogen (secondary N) is 1. The van der Waals surface area contributed by atoms with Gasteiger partial charge in [-0.3, -0.25) is 9.35 Å². The predicted molar refractivity (Wildman–Crippen MR) is 83.2 cm³/mol. The fraction of sp³-hybridized carbons (Fsp3) is 0.571. The molecule has 0 aliphatic carbocycles. The molecule has 2 N–H and O–H groups in total. The van der Waals surface area contributed by atoms with Gasteiger partial charge in [-0.15, -0.1) is 0 Å². The maximum absolute atomic E-state index is 12.8. The van der Waals surface area contributed by atoms with Crippen molar-refractivity contribution in [1.82, 2.24) is 5.32 Å². The number of ether oxygens (including phenoxy) is 1. The zero-order valence-corrected chi connectivity index (χ0v) is 15.3. The van der Waals surface area contributed by atoms with E-state index in [4.69, 9.17) is 0 Å². The minimum absolute atomic E-state index is 0.692. The summed E-state index contributed by atoms with van der Waals surface area (Å²) in [6.45, 7) is 4.16. The molecule has 0 aliphatic rings. The molecule has 7 nitrogen and oxygen atoms in total. The number of amides is 1. The molecule has 0 atom stereocenters. The van der Waals surface area contributed by atoms with Crippen molar-refractivity contribution in [3.05, 3.63) is 23.1 Å². The van der Waals surface area contributed by atoms with Gasteiger partial charge in [0, 0.05) is 12.0 Å². The standard InChI is InChI=1S/C14H18F5NO6S/c1-5-10(21)20-12(3,4)6-9(27(23,24)25)8(2)11(22)26-7-13(15,16)14(17,18)19/h5H,1,6-7H2,2-4H3,(H,20,21)(H,23,24,25)/b9-8+. The van der Waals surface area contributed by atoms with Crippen LogP contribution in [0.4, 0.5) is 22.0 Å². The van der Waals surface area contributed by atoms with Crippen LogP contribution in [0.3, 0.4) is 0 Å². The summed E-state index contributed by atoms with van der Waals surface area (Å²) in [5.41, 5.74) is -2.29. The van der Waals surface area contributed by atoms with Gasteiger partial charge < -0.3 is 10.1 Å². The summed E-state index contributed by atoms with van der Waals surface area (Å²) in [5.74, 6) is -7.88. The zero-order chi connectivity index (χ0) is 21.8. The van der Waals surface area contributed by atoms with Crippen LogP contribution in [0.5, 0.6) is 0 Å². The number of carbonyl (C=O) groups excluding carboxylic acids is 2. The molecule has 156 valence electrons. The average molecular weight is 423 g/mol. The highest BCUT2D eigenvalue weighted by Gasteiger charge is 2.58. The zero-order valence-electron chi connectivity index (χ0n) is 14.5. The van der Waals surface area contributed by atoms with Gasteiger partial charge in [0.1, 0.15) is 0 Å². The van der Waals surface area contributed by atoms with Crippen molar-refractivity contribution in [2.24, 2.45) is 0 Å². The molecule has 27 heavy (non-hydrogen) atoms. The molecule has 0 unspecified atom stereocenters. The summed E-state index contributed by atoms with van der Waals surface area (Å²) < 4.78 is 97.9. The Labute approximate surface area is 152 Å². The lowest BCUT2D eigenvalue weighted by Crippen LogP contribution is -2.44. The van der Waals surface area contributed by atoms with Crippen molar-refractivity contribution in [2.75, 3.05) is 6.61 Å². The first-order valence-corrected chi connectivity index (χ1v) is 8.51. The molecule has 0 fully saturated rings. The first-order valence-electron chi connectivity index (χ1n) is 7.07. The summed E-state index contributed by atoms with van der Waals surface area (Å²) in [7, 11) is -5.08. The molecule has 0 aliphatic heterocycles. The van der Waals surface area contributed by atoms with Crippen LogP contribution in [0.15, 0.2) is 23.1 Å². The second-order valence-corrected chi connectivity index (χ2v) is 7.50. The highest BCUT2D eigenvalue weighted by atomic mass is 32.2. The van der Waals surface area contributed by atoms with Crippen LogP contribution in [0.1, 0.15) is 27.2 Å². The molecular weight excluding hydrogens is 405 g/mol. The van der Waals surface area contributed by atoms with Crippen LogP contribution in [-0.2, 0) is 24.4 Å². The van der Waals surface area contributed by atoms with Gasteiger partial charge >= 0.3 is 18.1 Å². The fourth-order valence-corrected chi connectivity index (χ4v) is 2.72. The summed E-state index contributed by atoms with van der Waals surface area (Å²) in [5, 5.41) is 2.29. The second-order valence-electron chi connectivity index (χ2n) is 6.06. The highest BCUT2D eigenvalue weighted by molar-refractivity contribution is 7.89. The van der Waals surface area contributed by atoms with E-state index in [2.05, 4.69) is 16.6 Å². The smallest absolute Gasteiger partial charge is 0.456 e. The van der Waals surface area contributed by atoms with E-state index in [1.807, 2.05) is 0 Å². The number of hydrogen-bond donors (Lipinski definition) is 2. The maximum atomic E-state index is 12.8. The molecule has 0 saturated heterocycles. The maximum Gasteiger partial charge on any atom is 0.456 e. The summed E-state index contributed by atoms with van der Waals surface area (Å²) >= 11 is 0. The van der Waals surface area contributed by atoms with Crippen LogP contribution in [0.2, 0.25) is 0 Å². The molecule has 0 spiro atoms. The topological polar surface area (TPSA) is 110 Å². The van der Waals surface area contributed by atoms with E-state index >= 15 is 0 Å². The molecule has 0 heterocycles. The summed E-state index contributed by atoms with van der Waals surface area (Å²) in [6.07, 6.45) is -5.81. The van der Waals surface area contributed by atoms with Crippen molar-refractivity contribution >= 4 is 22.0 Å². The van der Waals surface area contributed by atoms with Crippen LogP contribution >= 0.6 is 0 Å². The third kappa shape index (κ3) is 7.62. The lowest BCUT2D eigenvalue weighted by atomic mass is 9.98. The van der Waals surface area contributed by atoms with Gasteiger partial charge in [-0.05, 0) is 26.8 Å². The Morgan fingerprint density at radius 1 is 1.19 bits per heavy atom. The van der Waals surface area contributed by atoms with Crippen molar-refractivity contribution in [3.63, 3.8) is 0 Å². The van der Waals surface area contributed by atoms with Crippen molar-refractivity contribution < 1.29 is 49.2 Å². The van der Waals surface area contributed by atoms with Gasteiger partial charge in [0.15, 0.2) is 6.61 Å². The van der Waals surface area contributed by atoms with E-state index in [-0.39, 0.29) is 0 Å². The Hall–Kier alpha value is -2.02. The SMILES string of the molecule is C=CC(=O)NC(C)(C)C/C(=C(/C)C(=O)OCC(F)(F)C(F)(F)F)S(=O)(=O)O. The number of carbonyl (C=O) groups is 2.